The average molecular weight is 214 g/mol. The molecule has 0 aliphatic heterocycles. The summed E-state index contributed by atoms with van der Waals surface area (Å²) in [5, 5.41) is 0.873. The fraction of sp³-hybridized carbons (Fsp3) is 0.231. The van der Waals surface area contributed by atoms with Crippen LogP contribution in [0.4, 0.5) is 0 Å². The van der Waals surface area contributed by atoms with Gasteiger partial charge in [-0.3, -0.25) is 9.78 Å². The number of pyridine rings is 1. The molecule has 0 saturated carbocycles. The largest absolute Gasteiger partial charge is 0.366 e. The minimum absolute atomic E-state index is 0.399. The Hall–Kier alpha value is -1.90. The quantitative estimate of drug-likeness (QED) is 0.791. The zero-order valence-corrected chi connectivity index (χ0v) is 9.66. The molecule has 0 bridgehead atoms. The summed E-state index contributed by atoms with van der Waals surface area (Å²) in [6.45, 7) is 5.82. The molecule has 0 spiro atoms. The second kappa shape index (κ2) is 3.59. The Bertz CT molecular complexity index is 588. The maximum absolute atomic E-state index is 11.4. The van der Waals surface area contributed by atoms with Crippen LogP contribution in [0, 0.1) is 20.8 Å². The third-order valence-electron chi connectivity index (χ3n) is 2.76. The van der Waals surface area contributed by atoms with Crippen molar-refractivity contribution in [3.05, 3.63) is 40.6 Å². The lowest BCUT2D eigenvalue weighted by atomic mass is 10.00. The molecule has 3 heteroatoms. The van der Waals surface area contributed by atoms with Crippen LogP contribution in [-0.4, -0.2) is 10.9 Å². The lowest BCUT2D eigenvalue weighted by Crippen LogP contribution is -2.13. The molecular weight excluding hydrogens is 200 g/mol. The Kier molecular flexibility index (Phi) is 2.38. The molecule has 0 saturated heterocycles. The van der Waals surface area contributed by atoms with E-state index in [1.54, 1.807) is 6.07 Å². The molecule has 0 aliphatic carbocycles. The van der Waals surface area contributed by atoms with E-state index in [0.29, 0.717) is 5.56 Å². The minimum Gasteiger partial charge on any atom is -0.366 e. The highest BCUT2D eigenvalue weighted by molar-refractivity contribution is 6.07. The summed E-state index contributed by atoms with van der Waals surface area (Å²) < 4.78 is 0. The number of carbonyl (C=O) groups is 1. The van der Waals surface area contributed by atoms with Crippen LogP contribution in [0.25, 0.3) is 10.9 Å². The van der Waals surface area contributed by atoms with Crippen LogP contribution < -0.4 is 5.73 Å². The van der Waals surface area contributed by atoms with Gasteiger partial charge in [0.2, 0.25) is 5.91 Å². The summed E-state index contributed by atoms with van der Waals surface area (Å²) in [5.74, 6) is -0.399. The summed E-state index contributed by atoms with van der Waals surface area (Å²) >= 11 is 0. The van der Waals surface area contributed by atoms with Crippen molar-refractivity contribution in [2.45, 2.75) is 20.8 Å². The molecule has 1 aromatic carbocycles. The summed E-state index contributed by atoms with van der Waals surface area (Å²) in [6.07, 6.45) is 0. The van der Waals surface area contributed by atoms with Gasteiger partial charge in [-0.25, -0.2) is 0 Å². The van der Waals surface area contributed by atoms with Crippen molar-refractivity contribution in [2.24, 2.45) is 5.73 Å². The number of nitrogens with zero attached hydrogens (tertiary/aromatic N) is 1. The van der Waals surface area contributed by atoms with Gasteiger partial charge in [0.1, 0.15) is 0 Å². The van der Waals surface area contributed by atoms with Crippen LogP contribution in [0.1, 0.15) is 27.2 Å². The molecule has 2 rings (SSSR count). The number of carbonyl (C=O) groups excluding carboxylic acids is 1. The Morgan fingerprint density at radius 2 is 1.81 bits per heavy atom. The van der Waals surface area contributed by atoms with E-state index < -0.39 is 5.91 Å². The Morgan fingerprint density at radius 1 is 1.19 bits per heavy atom. The van der Waals surface area contributed by atoms with E-state index >= 15 is 0 Å². The number of aryl methyl sites for hydroxylation is 3. The number of aromatic nitrogens is 1. The van der Waals surface area contributed by atoms with E-state index in [-0.39, 0.29) is 0 Å². The molecule has 0 unspecified atom stereocenters. The van der Waals surface area contributed by atoms with Gasteiger partial charge in [0.05, 0.1) is 11.1 Å². The summed E-state index contributed by atoms with van der Waals surface area (Å²) in [7, 11) is 0. The van der Waals surface area contributed by atoms with E-state index in [2.05, 4.69) is 4.98 Å². The first-order chi connectivity index (χ1) is 7.50. The van der Waals surface area contributed by atoms with Crippen LogP contribution in [-0.2, 0) is 0 Å². The maximum Gasteiger partial charge on any atom is 0.249 e. The van der Waals surface area contributed by atoms with Gasteiger partial charge in [0, 0.05) is 11.1 Å². The van der Waals surface area contributed by atoms with Crippen molar-refractivity contribution >= 4 is 16.8 Å². The topological polar surface area (TPSA) is 56.0 Å². The molecule has 2 aromatic rings. The third kappa shape index (κ3) is 1.54. The monoisotopic (exact) mass is 214 g/mol. The number of benzene rings is 1. The number of amides is 1. The zero-order chi connectivity index (χ0) is 11.9. The summed E-state index contributed by atoms with van der Waals surface area (Å²) in [4.78, 5) is 15.9. The predicted molar refractivity (Wildman–Crippen MR) is 64.5 cm³/mol. The predicted octanol–water partition coefficient (Wildman–Crippen LogP) is 2.26. The maximum atomic E-state index is 11.4. The first-order valence-corrected chi connectivity index (χ1v) is 5.18. The van der Waals surface area contributed by atoms with Gasteiger partial charge in [-0.2, -0.15) is 0 Å². The fourth-order valence-corrected chi connectivity index (χ4v) is 1.96. The molecule has 16 heavy (non-hydrogen) atoms. The average Bonchev–Trinajstić information content (AvgIpc) is 2.22. The SMILES string of the molecule is Cc1cc(C(N)=O)c2c(C)ccc(C)c2n1. The summed E-state index contributed by atoms with van der Waals surface area (Å²) in [5.41, 5.74) is 9.74. The van der Waals surface area contributed by atoms with Crippen LogP contribution >= 0.6 is 0 Å². The van der Waals surface area contributed by atoms with E-state index in [0.717, 1.165) is 27.7 Å². The molecule has 2 N–H and O–H groups in total. The van der Waals surface area contributed by atoms with Gasteiger partial charge >= 0.3 is 0 Å². The normalized spacial score (nSPS) is 10.7. The molecule has 0 atom stereocenters. The van der Waals surface area contributed by atoms with Crippen molar-refractivity contribution in [3.8, 4) is 0 Å². The Morgan fingerprint density at radius 3 is 2.44 bits per heavy atom. The molecule has 0 fully saturated rings. The highest BCUT2D eigenvalue weighted by Crippen LogP contribution is 2.24. The highest BCUT2D eigenvalue weighted by atomic mass is 16.1. The minimum atomic E-state index is -0.399. The van der Waals surface area contributed by atoms with E-state index in [1.807, 2.05) is 32.9 Å². The number of rotatable bonds is 1. The van der Waals surface area contributed by atoms with E-state index in [4.69, 9.17) is 5.73 Å². The van der Waals surface area contributed by atoms with Crippen LogP contribution in [0.2, 0.25) is 0 Å². The highest BCUT2D eigenvalue weighted by Gasteiger charge is 2.12. The van der Waals surface area contributed by atoms with E-state index in [1.165, 1.54) is 0 Å². The Balaban J connectivity index is 3.00. The number of primary amides is 1. The zero-order valence-electron chi connectivity index (χ0n) is 9.66. The molecular formula is C13H14N2O. The second-order valence-corrected chi connectivity index (χ2v) is 4.10. The molecule has 3 nitrogen and oxygen atoms in total. The first-order valence-electron chi connectivity index (χ1n) is 5.18. The second-order valence-electron chi connectivity index (χ2n) is 4.10. The van der Waals surface area contributed by atoms with Crippen molar-refractivity contribution in [1.82, 2.24) is 4.98 Å². The van der Waals surface area contributed by atoms with Crippen molar-refractivity contribution in [2.75, 3.05) is 0 Å². The third-order valence-corrected chi connectivity index (χ3v) is 2.76. The van der Waals surface area contributed by atoms with Gasteiger partial charge in [-0.05, 0) is 38.0 Å². The van der Waals surface area contributed by atoms with Crippen LogP contribution in [0.15, 0.2) is 18.2 Å². The molecule has 1 heterocycles. The van der Waals surface area contributed by atoms with Gasteiger partial charge in [-0.15, -0.1) is 0 Å². The number of fused-ring (bicyclic) bond motifs is 1. The number of nitrogens with two attached hydrogens (primary N) is 1. The van der Waals surface area contributed by atoms with Crippen molar-refractivity contribution in [3.63, 3.8) is 0 Å². The lowest BCUT2D eigenvalue weighted by Gasteiger charge is -2.09. The molecule has 82 valence electrons. The van der Waals surface area contributed by atoms with Crippen LogP contribution in [0.3, 0.4) is 0 Å². The fourth-order valence-electron chi connectivity index (χ4n) is 1.96. The smallest absolute Gasteiger partial charge is 0.249 e. The van der Waals surface area contributed by atoms with Gasteiger partial charge in [-0.1, -0.05) is 12.1 Å². The molecule has 1 amide bonds. The van der Waals surface area contributed by atoms with Crippen LogP contribution in [0.5, 0.6) is 0 Å². The molecule has 1 aromatic heterocycles. The Labute approximate surface area is 94.3 Å². The van der Waals surface area contributed by atoms with Gasteiger partial charge in [0.25, 0.3) is 0 Å². The van der Waals surface area contributed by atoms with Gasteiger partial charge < -0.3 is 5.73 Å². The van der Waals surface area contributed by atoms with Gasteiger partial charge in [0.15, 0.2) is 0 Å². The van der Waals surface area contributed by atoms with Crippen molar-refractivity contribution in [1.29, 1.82) is 0 Å². The van der Waals surface area contributed by atoms with E-state index in [9.17, 15) is 4.79 Å². The molecule has 0 radical (unpaired) electrons. The number of hydrogen-bond donors (Lipinski definition) is 1. The number of hydrogen-bond acceptors (Lipinski definition) is 2. The summed E-state index contributed by atoms with van der Waals surface area (Å²) in [6, 6.07) is 5.74. The lowest BCUT2D eigenvalue weighted by molar-refractivity contribution is 0.100. The molecule has 0 aliphatic rings. The van der Waals surface area contributed by atoms with Crippen molar-refractivity contribution < 1.29 is 4.79 Å². The first kappa shape index (κ1) is 10.6. The standard InChI is InChI=1S/C13H14N2O/c1-7-4-5-8(2)12-11(7)10(13(14)16)6-9(3)15-12/h4-6H,1-3H3,(H2,14,16).